The Morgan fingerprint density at radius 2 is 2.10 bits per heavy atom. The van der Waals surface area contributed by atoms with Gasteiger partial charge in [0.25, 0.3) is 0 Å². The monoisotopic (exact) mass is 361 g/mol. The van der Waals surface area contributed by atoms with Crippen LogP contribution in [0.25, 0.3) is 0 Å². The highest BCUT2D eigenvalue weighted by molar-refractivity contribution is 7.89. The average molecular weight is 362 g/mol. The normalized spacial score (nSPS) is 15.9. The molecule has 1 aromatic carbocycles. The van der Waals surface area contributed by atoms with E-state index in [9.17, 15) is 8.42 Å². The standard InChI is InChI=1S/C14H13Cl2NO2S2/c15-8-10-1-2-12(7-13(10)16)21(18,19)17-5-3-14-11(9-17)4-6-20-14/h1-2,4,6-7H,3,5,8-9H2. The molecule has 0 fully saturated rings. The minimum atomic E-state index is -3.52. The molecule has 0 aliphatic carbocycles. The molecule has 0 unspecified atom stereocenters. The van der Waals surface area contributed by atoms with E-state index in [4.69, 9.17) is 23.2 Å². The first kappa shape index (κ1) is 15.3. The van der Waals surface area contributed by atoms with E-state index < -0.39 is 10.0 Å². The van der Waals surface area contributed by atoms with Gasteiger partial charge in [-0.3, -0.25) is 0 Å². The molecule has 2 heterocycles. The zero-order chi connectivity index (χ0) is 15.0. The van der Waals surface area contributed by atoms with Crippen LogP contribution >= 0.6 is 34.5 Å². The summed E-state index contributed by atoms with van der Waals surface area (Å²) in [6.07, 6.45) is 0.764. The summed E-state index contributed by atoms with van der Waals surface area (Å²) in [5, 5.41) is 2.40. The highest BCUT2D eigenvalue weighted by atomic mass is 35.5. The fourth-order valence-corrected chi connectivity index (χ4v) is 5.32. The van der Waals surface area contributed by atoms with Gasteiger partial charge in [-0.2, -0.15) is 4.31 Å². The first-order chi connectivity index (χ1) is 10.0. The van der Waals surface area contributed by atoms with Crippen LogP contribution in [-0.2, 0) is 28.9 Å². The van der Waals surface area contributed by atoms with Crippen molar-refractivity contribution in [2.24, 2.45) is 0 Å². The molecule has 1 aliphatic rings. The molecule has 0 radical (unpaired) electrons. The second-order valence-corrected chi connectivity index (χ2v) is 8.46. The second kappa shape index (κ2) is 5.89. The van der Waals surface area contributed by atoms with Crippen LogP contribution in [0.1, 0.15) is 16.0 Å². The SMILES string of the molecule is O=S(=O)(c1ccc(CCl)c(Cl)c1)N1CCc2sccc2C1. The third kappa shape index (κ3) is 2.85. The smallest absolute Gasteiger partial charge is 0.207 e. The molecule has 0 bridgehead atoms. The van der Waals surface area contributed by atoms with E-state index in [1.54, 1.807) is 23.5 Å². The maximum Gasteiger partial charge on any atom is 0.243 e. The first-order valence-corrected chi connectivity index (χ1v) is 9.65. The Balaban J connectivity index is 1.93. The highest BCUT2D eigenvalue weighted by Gasteiger charge is 2.29. The lowest BCUT2D eigenvalue weighted by Crippen LogP contribution is -2.35. The summed E-state index contributed by atoms with van der Waals surface area (Å²) in [6, 6.07) is 6.72. The van der Waals surface area contributed by atoms with Gasteiger partial charge < -0.3 is 0 Å². The Morgan fingerprint density at radius 1 is 1.29 bits per heavy atom. The van der Waals surface area contributed by atoms with Crippen molar-refractivity contribution in [3.05, 3.63) is 50.7 Å². The molecule has 0 saturated carbocycles. The quantitative estimate of drug-likeness (QED) is 0.777. The first-order valence-electron chi connectivity index (χ1n) is 6.42. The van der Waals surface area contributed by atoms with Crippen molar-refractivity contribution >= 4 is 44.6 Å². The van der Waals surface area contributed by atoms with Crippen molar-refractivity contribution in [2.45, 2.75) is 23.7 Å². The summed E-state index contributed by atoms with van der Waals surface area (Å²) in [7, 11) is -3.52. The van der Waals surface area contributed by atoms with Crippen molar-refractivity contribution in [1.29, 1.82) is 0 Å². The van der Waals surface area contributed by atoms with E-state index in [0.29, 0.717) is 18.1 Å². The molecule has 0 saturated heterocycles. The fraction of sp³-hybridized carbons (Fsp3) is 0.286. The number of rotatable bonds is 3. The predicted octanol–water partition coefficient (Wildman–Crippen LogP) is 3.89. The maximum atomic E-state index is 12.7. The van der Waals surface area contributed by atoms with E-state index in [2.05, 4.69) is 0 Å². The van der Waals surface area contributed by atoms with Crippen LogP contribution in [-0.4, -0.2) is 19.3 Å². The van der Waals surface area contributed by atoms with E-state index >= 15 is 0 Å². The van der Waals surface area contributed by atoms with Gasteiger partial charge in [-0.25, -0.2) is 8.42 Å². The molecule has 1 aromatic heterocycles. The fourth-order valence-electron chi connectivity index (χ4n) is 2.37. The molecule has 2 aromatic rings. The second-order valence-electron chi connectivity index (χ2n) is 4.84. The van der Waals surface area contributed by atoms with Crippen molar-refractivity contribution < 1.29 is 8.42 Å². The number of thiophene rings is 1. The van der Waals surface area contributed by atoms with Gasteiger partial charge in [-0.1, -0.05) is 17.7 Å². The van der Waals surface area contributed by atoms with Gasteiger partial charge in [-0.05, 0) is 41.1 Å². The highest BCUT2D eigenvalue weighted by Crippen LogP contribution is 2.30. The Labute approximate surface area is 138 Å². The topological polar surface area (TPSA) is 37.4 Å². The zero-order valence-corrected chi connectivity index (χ0v) is 14.2. The lowest BCUT2D eigenvalue weighted by atomic mass is 10.1. The summed E-state index contributed by atoms with van der Waals surface area (Å²) < 4.78 is 26.9. The van der Waals surface area contributed by atoms with Gasteiger partial charge in [0.1, 0.15) is 0 Å². The number of fused-ring (bicyclic) bond motifs is 1. The summed E-state index contributed by atoms with van der Waals surface area (Å²) in [4.78, 5) is 1.50. The average Bonchev–Trinajstić information content (AvgIpc) is 2.94. The van der Waals surface area contributed by atoms with Crippen LogP contribution < -0.4 is 0 Å². The number of hydrogen-bond acceptors (Lipinski definition) is 3. The third-order valence-corrected chi connectivity index (χ3v) is 7.08. The van der Waals surface area contributed by atoms with Crippen LogP contribution in [0, 0.1) is 0 Å². The van der Waals surface area contributed by atoms with E-state index in [1.807, 2.05) is 11.4 Å². The van der Waals surface area contributed by atoms with Gasteiger partial charge in [0, 0.05) is 28.9 Å². The molecule has 0 spiro atoms. The predicted molar refractivity (Wildman–Crippen MR) is 86.6 cm³/mol. The minimum Gasteiger partial charge on any atom is -0.207 e. The van der Waals surface area contributed by atoms with Crippen LogP contribution in [0.5, 0.6) is 0 Å². The molecule has 0 amide bonds. The van der Waals surface area contributed by atoms with Crippen molar-refractivity contribution in [2.75, 3.05) is 6.54 Å². The van der Waals surface area contributed by atoms with Crippen LogP contribution in [0.3, 0.4) is 0 Å². The summed E-state index contributed by atoms with van der Waals surface area (Å²) in [5.74, 6) is 0.265. The van der Waals surface area contributed by atoms with E-state index in [-0.39, 0.29) is 10.8 Å². The maximum absolute atomic E-state index is 12.7. The number of alkyl halides is 1. The van der Waals surface area contributed by atoms with Crippen LogP contribution in [0.2, 0.25) is 5.02 Å². The molecule has 3 rings (SSSR count). The zero-order valence-electron chi connectivity index (χ0n) is 11.1. The number of benzene rings is 1. The van der Waals surface area contributed by atoms with Crippen molar-refractivity contribution in [3.8, 4) is 0 Å². The number of sulfonamides is 1. The summed E-state index contributed by atoms with van der Waals surface area (Å²) in [5.41, 5.74) is 1.83. The van der Waals surface area contributed by atoms with Crippen molar-refractivity contribution in [3.63, 3.8) is 0 Å². The Kier molecular flexibility index (Phi) is 4.30. The van der Waals surface area contributed by atoms with Crippen molar-refractivity contribution in [1.82, 2.24) is 4.31 Å². The molecule has 1 aliphatic heterocycles. The van der Waals surface area contributed by atoms with Crippen LogP contribution in [0.4, 0.5) is 0 Å². The Morgan fingerprint density at radius 3 is 2.81 bits per heavy atom. The van der Waals surface area contributed by atoms with Gasteiger partial charge in [0.2, 0.25) is 10.0 Å². The lowest BCUT2D eigenvalue weighted by molar-refractivity contribution is 0.394. The number of hydrogen-bond donors (Lipinski definition) is 0. The lowest BCUT2D eigenvalue weighted by Gasteiger charge is -2.26. The summed E-state index contributed by atoms with van der Waals surface area (Å²) in [6.45, 7) is 0.931. The Hall–Kier alpha value is -0.590. The molecule has 0 atom stereocenters. The van der Waals surface area contributed by atoms with Gasteiger partial charge in [0.15, 0.2) is 0 Å². The third-order valence-electron chi connectivity index (χ3n) is 3.58. The molecular weight excluding hydrogens is 349 g/mol. The van der Waals surface area contributed by atoms with Gasteiger partial charge >= 0.3 is 0 Å². The summed E-state index contributed by atoms with van der Waals surface area (Å²) >= 11 is 13.5. The molecule has 0 N–H and O–H groups in total. The number of nitrogens with zero attached hydrogens (tertiary/aromatic N) is 1. The molecule has 112 valence electrons. The van der Waals surface area contributed by atoms with Crippen LogP contribution in [0.15, 0.2) is 34.5 Å². The molecule has 3 nitrogen and oxygen atoms in total. The van der Waals surface area contributed by atoms with E-state index in [1.165, 1.54) is 15.2 Å². The molecule has 21 heavy (non-hydrogen) atoms. The van der Waals surface area contributed by atoms with Gasteiger partial charge in [0.05, 0.1) is 4.90 Å². The Bertz CT molecular complexity index is 771. The molecule has 7 heteroatoms. The number of halogens is 2. The van der Waals surface area contributed by atoms with E-state index in [0.717, 1.165) is 17.5 Å². The largest absolute Gasteiger partial charge is 0.243 e. The minimum absolute atomic E-state index is 0.222. The molecular formula is C14H13Cl2NO2S2. The van der Waals surface area contributed by atoms with Gasteiger partial charge in [-0.15, -0.1) is 22.9 Å².